The Morgan fingerprint density at radius 2 is 0.420 bits per heavy atom. The normalized spacial score (nSPS) is 11.9. The molecule has 0 fully saturated rings. The molecule has 24 rings (SSSR count). The molecule has 0 bridgehead atoms. The van der Waals surface area contributed by atoms with Gasteiger partial charge in [0.1, 0.15) is 0 Å². The third-order valence-corrected chi connectivity index (χ3v) is 23.8. The zero-order valence-corrected chi connectivity index (χ0v) is 61.0. The van der Waals surface area contributed by atoms with Crippen LogP contribution in [-0.2, 0) is 0 Å². The van der Waals surface area contributed by atoms with Gasteiger partial charge in [0.05, 0.1) is 44.1 Å². The lowest BCUT2D eigenvalue weighted by Gasteiger charge is -2.14. The van der Waals surface area contributed by atoms with Crippen LogP contribution < -0.4 is 0 Å². The highest BCUT2D eigenvalue weighted by Crippen LogP contribution is 2.45. The van der Waals surface area contributed by atoms with Crippen molar-refractivity contribution >= 4 is 152 Å². The molecule has 520 valence electrons. The number of aromatic nitrogens is 4. The van der Waals surface area contributed by atoms with Crippen LogP contribution in [0.1, 0.15) is 0 Å². The Labute approximate surface area is 645 Å². The largest absolute Gasteiger partial charge is 0.309 e. The average Bonchev–Trinajstić information content (AvgIpc) is 1.51. The summed E-state index contributed by atoms with van der Waals surface area (Å²) in [6, 6.07) is 151. The van der Waals surface area contributed by atoms with E-state index in [1.807, 2.05) is 0 Å². The van der Waals surface area contributed by atoms with Crippen LogP contribution in [0.5, 0.6) is 0 Å². The van der Waals surface area contributed by atoms with Crippen LogP contribution in [0.3, 0.4) is 0 Å². The quantitative estimate of drug-likeness (QED) is 0.135. The van der Waals surface area contributed by atoms with Crippen molar-refractivity contribution in [3.05, 3.63) is 413 Å². The van der Waals surface area contributed by atoms with E-state index in [0.29, 0.717) is 0 Å². The van der Waals surface area contributed by atoms with Gasteiger partial charge in [0.15, 0.2) is 0 Å². The number of rotatable bonds is 8. The standard InChI is InChI=1S/2C54H34N2/c1-2-13-40(14-3-1)56-50-20-10-8-17-44(50)46-30-26-38(34-53(46)56)37-27-31-52-49(32-37)45-18-9-11-21-51(45)55(52)41-28-24-36(25-29-41)48-33-39-23-22-35-12-4-5-15-42(35)54(39)47-19-7-6-16-43(47)48;1-2-13-39(14-3-1)56-51-20-10-8-18-45(51)47-30-25-38(33-54(47)56)37-26-31-53-50(32-37)46-19-9-11-21-52(46)55(53)40-27-22-36(23-28-40)48-34-49-41-15-5-4-12-35(41)24-29-44(49)42-16-6-7-17-43(42)48/h2*1-34H. The third-order valence-electron chi connectivity index (χ3n) is 23.8. The first-order valence-corrected chi connectivity index (χ1v) is 38.7. The predicted molar refractivity (Wildman–Crippen MR) is 477 cm³/mol. The van der Waals surface area contributed by atoms with E-state index in [2.05, 4.69) is 431 Å². The second-order valence-electron chi connectivity index (χ2n) is 29.8. The number of nitrogens with zero attached hydrogens (tertiary/aromatic N) is 4. The topological polar surface area (TPSA) is 19.7 Å². The molecule has 0 spiro atoms. The van der Waals surface area contributed by atoms with Crippen molar-refractivity contribution in [2.45, 2.75) is 0 Å². The molecule has 20 aromatic carbocycles. The van der Waals surface area contributed by atoms with E-state index in [9.17, 15) is 0 Å². The lowest BCUT2D eigenvalue weighted by Crippen LogP contribution is -1.94. The molecule has 0 amide bonds. The minimum absolute atomic E-state index is 1.15. The first-order chi connectivity index (χ1) is 55.6. The summed E-state index contributed by atoms with van der Waals surface area (Å²) in [6.07, 6.45) is 0. The van der Waals surface area contributed by atoms with Gasteiger partial charge >= 0.3 is 0 Å². The number of hydrogen-bond acceptors (Lipinski definition) is 0. The Morgan fingerprint density at radius 3 is 0.920 bits per heavy atom. The Kier molecular flexibility index (Phi) is 14.3. The second kappa shape index (κ2) is 25.4. The summed E-state index contributed by atoms with van der Waals surface area (Å²) in [5.41, 5.74) is 24.1. The first-order valence-electron chi connectivity index (χ1n) is 38.7. The van der Waals surface area contributed by atoms with Crippen LogP contribution in [0.15, 0.2) is 413 Å². The van der Waals surface area contributed by atoms with Gasteiger partial charge in [0, 0.05) is 65.8 Å². The van der Waals surface area contributed by atoms with Gasteiger partial charge in [-0.1, -0.05) is 291 Å². The third kappa shape index (κ3) is 9.95. The lowest BCUT2D eigenvalue weighted by molar-refractivity contribution is 1.18. The van der Waals surface area contributed by atoms with Crippen molar-refractivity contribution in [2.75, 3.05) is 0 Å². The van der Waals surface area contributed by atoms with Crippen molar-refractivity contribution in [3.8, 4) is 67.3 Å². The Hall–Kier alpha value is -14.8. The van der Waals surface area contributed by atoms with E-state index in [-0.39, 0.29) is 0 Å². The number of benzene rings is 20. The molecule has 0 atom stereocenters. The summed E-state index contributed by atoms with van der Waals surface area (Å²) in [5, 5.41) is 25.5. The second-order valence-corrected chi connectivity index (χ2v) is 29.8. The SMILES string of the molecule is c1ccc(-n2c3ccccc3c3ccc(-c4ccc5c(c4)c4ccccc4n5-c4ccc(-c5cc6c7ccccc7ccc6c6ccccc56)cc4)cc32)cc1.c1ccc(-n2c3ccccc3c3ccc(-c4ccc5c(c4)c4ccccc4n5-c4ccc(-c5cc6ccc7ccccc7c6c6ccccc56)cc4)cc32)cc1. The van der Waals surface area contributed by atoms with E-state index in [1.165, 1.54) is 208 Å². The minimum Gasteiger partial charge on any atom is -0.309 e. The molecule has 4 heteroatoms. The zero-order valence-electron chi connectivity index (χ0n) is 61.0. The summed E-state index contributed by atoms with van der Waals surface area (Å²) in [6.45, 7) is 0. The summed E-state index contributed by atoms with van der Waals surface area (Å²) < 4.78 is 9.62. The van der Waals surface area contributed by atoms with Crippen molar-refractivity contribution in [1.82, 2.24) is 18.3 Å². The summed E-state index contributed by atoms with van der Waals surface area (Å²) in [4.78, 5) is 0. The Bertz CT molecular complexity index is 7970. The van der Waals surface area contributed by atoms with Crippen molar-refractivity contribution in [1.29, 1.82) is 0 Å². The molecular formula is C108H68N4. The van der Waals surface area contributed by atoms with Crippen LogP contribution in [-0.4, -0.2) is 18.3 Å². The average molecular weight is 1420 g/mol. The molecule has 0 unspecified atom stereocenters. The molecule has 0 saturated heterocycles. The minimum atomic E-state index is 1.15. The Morgan fingerprint density at radius 1 is 0.125 bits per heavy atom. The monoisotopic (exact) mass is 1420 g/mol. The van der Waals surface area contributed by atoms with Crippen LogP contribution >= 0.6 is 0 Å². The predicted octanol–water partition coefficient (Wildman–Crippen LogP) is 29.3. The van der Waals surface area contributed by atoms with Crippen molar-refractivity contribution in [2.24, 2.45) is 0 Å². The molecule has 4 heterocycles. The van der Waals surface area contributed by atoms with E-state index >= 15 is 0 Å². The van der Waals surface area contributed by atoms with Gasteiger partial charge in [-0.25, -0.2) is 0 Å². The number of fused-ring (bicyclic) bond motifs is 22. The van der Waals surface area contributed by atoms with Crippen molar-refractivity contribution < 1.29 is 0 Å². The van der Waals surface area contributed by atoms with Gasteiger partial charge in [-0.15, -0.1) is 0 Å². The number of hydrogen-bond donors (Lipinski definition) is 0. The molecule has 0 saturated carbocycles. The smallest absolute Gasteiger partial charge is 0.0547 e. The molecule has 0 aliphatic heterocycles. The maximum atomic E-state index is 2.42. The van der Waals surface area contributed by atoms with Gasteiger partial charge in [0.2, 0.25) is 0 Å². The fraction of sp³-hybridized carbons (Fsp3) is 0. The molecule has 24 aromatic rings. The molecule has 112 heavy (non-hydrogen) atoms. The highest BCUT2D eigenvalue weighted by atomic mass is 15.0. The Balaban J connectivity index is 0.000000134. The maximum absolute atomic E-state index is 2.42. The summed E-state index contributed by atoms with van der Waals surface area (Å²) >= 11 is 0. The van der Waals surface area contributed by atoms with Gasteiger partial charge in [0.25, 0.3) is 0 Å². The highest BCUT2D eigenvalue weighted by Gasteiger charge is 2.22. The van der Waals surface area contributed by atoms with Crippen LogP contribution in [0.2, 0.25) is 0 Å². The van der Waals surface area contributed by atoms with E-state index in [4.69, 9.17) is 0 Å². The zero-order chi connectivity index (χ0) is 73.5. The number of para-hydroxylation sites is 6. The van der Waals surface area contributed by atoms with Crippen molar-refractivity contribution in [3.63, 3.8) is 0 Å². The van der Waals surface area contributed by atoms with Crippen LogP contribution in [0.4, 0.5) is 0 Å². The summed E-state index contributed by atoms with van der Waals surface area (Å²) in [7, 11) is 0. The molecule has 4 aromatic heterocycles. The van der Waals surface area contributed by atoms with E-state index in [0.717, 1.165) is 11.4 Å². The fourth-order valence-corrected chi connectivity index (χ4v) is 18.7. The van der Waals surface area contributed by atoms with Gasteiger partial charge in [-0.2, -0.15) is 0 Å². The molecule has 0 aliphatic carbocycles. The van der Waals surface area contributed by atoms with Gasteiger partial charge in [-0.3, -0.25) is 0 Å². The van der Waals surface area contributed by atoms with E-state index in [1.54, 1.807) is 0 Å². The van der Waals surface area contributed by atoms with E-state index < -0.39 is 0 Å². The lowest BCUT2D eigenvalue weighted by atomic mass is 9.91. The maximum Gasteiger partial charge on any atom is 0.0547 e. The highest BCUT2D eigenvalue weighted by molar-refractivity contribution is 6.25. The van der Waals surface area contributed by atoms with Crippen LogP contribution in [0.25, 0.3) is 219 Å². The van der Waals surface area contributed by atoms with Gasteiger partial charge < -0.3 is 18.3 Å². The fourth-order valence-electron chi connectivity index (χ4n) is 18.7. The molecule has 0 radical (unpaired) electrons. The first kappa shape index (κ1) is 63.3. The molecule has 0 N–H and O–H groups in total. The molecule has 4 nitrogen and oxygen atoms in total. The summed E-state index contributed by atoms with van der Waals surface area (Å²) in [5.74, 6) is 0. The molecule has 0 aliphatic rings. The molecular weight excluding hydrogens is 1350 g/mol. The van der Waals surface area contributed by atoms with Crippen LogP contribution in [0, 0.1) is 0 Å². The van der Waals surface area contributed by atoms with Gasteiger partial charge in [-0.05, 0) is 230 Å².